The van der Waals surface area contributed by atoms with E-state index in [4.69, 9.17) is 4.74 Å². The van der Waals surface area contributed by atoms with Crippen LogP contribution in [0.4, 0.5) is 34.1 Å². The van der Waals surface area contributed by atoms with Crippen molar-refractivity contribution in [1.29, 1.82) is 0 Å². The van der Waals surface area contributed by atoms with Gasteiger partial charge in [-0.3, -0.25) is 0 Å². The second-order valence-electron chi connectivity index (χ2n) is 13.8. The number of rotatable bonds is 8. The van der Waals surface area contributed by atoms with Crippen LogP contribution >= 0.6 is 0 Å². The number of hydrogen-bond donors (Lipinski definition) is 0. The van der Waals surface area contributed by atoms with E-state index in [0.717, 1.165) is 67.5 Å². The summed E-state index contributed by atoms with van der Waals surface area (Å²) in [5, 5.41) is 2.24. The predicted molar refractivity (Wildman–Crippen MR) is 230 cm³/mol. The molecule has 1 heterocycles. The Kier molecular flexibility index (Phi) is 8.16. The van der Waals surface area contributed by atoms with Crippen molar-refractivity contribution < 1.29 is 4.74 Å². The van der Waals surface area contributed by atoms with E-state index in [0.29, 0.717) is 0 Å². The van der Waals surface area contributed by atoms with Crippen molar-refractivity contribution in [3.8, 4) is 44.9 Å². The van der Waals surface area contributed by atoms with Crippen LogP contribution in [0.3, 0.4) is 0 Å². The average Bonchev–Trinajstić information content (AvgIpc) is 3.26. The molecule has 10 rings (SSSR count). The van der Waals surface area contributed by atoms with Gasteiger partial charge in [-0.05, 0) is 93.9 Å². The Morgan fingerprint density at radius 2 is 0.764 bits per heavy atom. The van der Waals surface area contributed by atoms with Crippen LogP contribution in [0.1, 0.15) is 0 Å². The molecule has 0 N–H and O–H groups in total. The lowest BCUT2D eigenvalue weighted by Gasteiger charge is -2.32. The quantitative estimate of drug-likeness (QED) is 0.157. The number of fused-ring (bicyclic) bond motifs is 2. The maximum Gasteiger partial charge on any atom is 0.159 e. The summed E-state index contributed by atoms with van der Waals surface area (Å²) in [6.07, 6.45) is 0. The first-order chi connectivity index (χ1) is 27.3. The van der Waals surface area contributed by atoms with Crippen molar-refractivity contribution >= 4 is 44.9 Å². The van der Waals surface area contributed by atoms with Gasteiger partial charge in [0.25, 0.3) is 0 Å². The highest BCUT2D eigenvalue weighted by Crippen LogP contribution is 2.54. The summed E-state index contributed by atoms with van der Waals surface area (Å²) in [6, 6.07) is 77.3. The smallest absolute Gasteiger partial charge is 0.159 e. The Morgan fingerprint density at radius 3 is 1.31 bits per heavy atom. The molecule has 3 heteroatoms. The highest BCUT2D eigenvalue weighted by Gasteiger charge is 2.28. The van der Waals surface area contributed by atoms with E-state index in [1.54, 1.807) is 0 Å². The van der Waals surface area contributed by atoms with E-state index < -0.39 is 0 Å². The molecule has 9 aromatic carbocycles. The van der Waals surface area contributed by atoms with Crippen LogP contribution in [0.25, 0.3) is 44.2 Å². The molecule has 260 valence electrons. The zero-order valence-corrected chi connectivity index (χ0v) is 30.1. The number of nitrogens with zero attached hydrogens (tertiary/aromatic N) is 2. The molecule has 1 aliphatic heterocycles. The molecule has 0 unspecified atom stereocenters. The first kappa shape index (κ1) is 32.3. The van der Waals surface area contributed by atoms with Crippen LogP contribution in [0.2, 0.25) is 0 Å². The molecule has 0 saturated heterocycles. The summed E-state index contributed by atoms with van der Waals surface area (Å²) in [4.78, 5) is 4.61. The summed E-state index contributed by atoms with van der Waals surface area (Å²) >= 11 is 0. The lowest BCUT2D eigenvalue weighted by atomic mass is 9.93. The molecular weight excluding hydrogens is 669 g/mol. The van der Waals surface area contributed by atoms with Gasteiger partial charge < -0.3 is 14.5 Å². The summed E-state index contributed by atoms with van der Waals surface area (Å²) < 4.78 is 7.18. The second-order valence-corrected chi connectivity index (χ2v) is 13.8. The maximum absolute atomic E-state index is 7.18. The molecule has 0 radical (unpaired) electrons. The molecule has 0 aliphatic carbocycles. The normalized spacial score (nSPS) is 11.4. The third-order valence-electron chi connectivity index (χ3n) is 10.4. The zero-order valence-electron chi connectivity index (χ0n) is 30.1. The van der Waals surface area contributed by atoms with E-state index in [9.17, 15) is 0 Å². The van der Waals surface area contributed by atoms with Crippen molar-refractivity contribution in [2.24, 2.45) is 0 Å². The third kappa shape index (κ3) is 5.98. The van der Waals surface area contributed by atoms with Gasteiger partial charge in [-0.15, -0.1) is 0 Å². The van der Waals surface area contributed by atoms with E-state index >= 15 is 0 Å². The lowest BCUT2D eigenvalue weighted by Crippen LogP contribution is -2.13. The molecule has 0 spiro atoms. The van der Waals surface area contributed by atoms with Gasteiger partial charge in [-0.1, -0.05) is 152 Å². The van der Waals surface area contributed by atoms with Gasteiger partial charge in [0.1, 0.15) is 5.75 Å². The first-order valence-corrected chi connectivity index (χ1v) is 18.7. The van der Waals surface area contributed by atoms with Gasteiger partial charge in [-0.2, -0.15) is 0 Å². The molecule has 0 bridgehead atoms. The number of anilines is 6. The second kappa shape index (κ2) is 13.9. The minimum atomic E-state index is 0.824. The standard InChI is InChI=1S/C52H36N2O/c1-5-15-37(16-6-1)39-27-31-44(32-28-39)54(45-33-29-40(30-34-45)38-17-7-2-8-18-38)49-26-14-25-48-47-24-13-19-41-35-46(36-50(51(41)47)55-52(48)49)53(42-20-9-3-10-21-42)43-22-11-4-12-23-43/h1-36H. The lowest BCUT2D eigenvalue weighted by molar-refractivity contribution is 0.488. The molecule has 9 aromatic rings. The summed E-state index contributed by atoms with van der Waals surface area (Å²) in [7, 11) is 0. The van der Waals surface area contributed by atoms with Gasteiger partial charge in [0.05, 0.1) is 11.4 Å². The fourth-order valence-corrected chi connectivity index (χ4v) is 7.83. The highest BCUT2D eigenvalue weighted by molar-refractivity contribution is 6.07. The number of ether oxygens (including phenoxy) is 1. The fourth-order valence-electron chi connectivity index (χ4n) is 7.83. The van der Waals surface area contributed by atoms with Crippen molar-refractivity contribution in [2.75, 3.05) is 9.80 Å². The molecule has 0 amide bonds. The topological polar surface area (TPSA) is 15.7 Å². The Balaban J connectivity index is 1.13. The molecule has 0 fully saturated rings. The molecular formula is C52H36N2O. The van der Waals surface area contributed by atoms with E-state index in [-0.39, 0.29) is 0 Å². The molecule has 1 aliphatic rings. The van der Waals surface area contributed by atoms with Gasteiger partial charge in [-0.25, -0.2) is 0 Å². The van der Waals surface area contributed by atoms with Crippen molar-refractivity contribution in [2.45, 2.75) is 0 Å². The third-order valence-corrected chi connectivity index (χ3v) is 10.4. The Morgan fingerprint density at radius 1 is 0.309 bits per heavy atom. The molecule has 0 saturated carbocycles. The Hall–Kier alpha value is -7.36. The van der Waals surface area contributed by atoms with Gasteiger partial charge in [0.2, 0.25) is 0 Å². The van der Waals surface area contributed by atoms with Crippen LogP contribution in [-0.2, 0) is 0 Å². The fraction of sp³-hybridized carbons (Fsp3) is 0. The predicted octanol–water partition coefficient (Wildman–Crippen LogP) is 14.9. The number of hydrogen-bond acceptors (Lipinski definition) is 3. The number of benzene rings is 9. The van der Waals surface area contributed by atoms with Crippen LogP contribution in [-0.4, -0.2) is 0 Å². The molecule has 3 nitrogen and oxygen atoms in total. The minimum absolute atomic E-state index is 0.824. The van der Waals surface area contributed by atoms with Crippen LogP contribution in [0.15, 0.2) is 218 Å². The summed E-state index contributed by atoms with van der Waals surface area (Å²) in [5.41, 5.74) is 13.2. The highest BCUT2D eigenvalue weighted by atomic mass is 16.5. The minimum Gasteiger partial charge on any atom is -0.454 e. The van der Waals surface area contributed by atoms with Crippen LogP contribution < -0.4 is 14.5 Å². The van der Waals surface area contributed by atoms with E-state index in [1.165, 1.54) is 22.3 Å². The summed E-state index contributed by atoms with van der Waals surface area (Å²) in [6.45, 7) is 0. The Bertz CT molecular complexity index is 2630. The van der Waals surface area contributed by atoms with Crippen molar-refractivity contribution in [3.63, 3.8) is 0 Å². The van der Waals surface area contributed by atoms with Crippen LogP contribution in [0.5, 0.6) is 11.5 Å². The Labute approximate surface area is 321 Å². The summed E-state index contributed by atoms with van der Waals surface area (Å²) in [5.74, 6) is 1.66. The molecule has 0 aromatic heterocycles. The van der Waals surface area contributed by atoms with Gasteiger partial charge in [0.15, 0.2) is 5.75 Å². The monoisotopic (exact) mass is 704 g/mol. The van der Waals surface area contributed by atoms with Gasteiger partial charge in [0, 0.05) is 39.8 Å². The van der Waals surface area contributed by atoms with E-state index in [2.05, 4.69) is 228 Å². The van der Waals surface area contributed by atoms with Crippen molar-refractivity contribution in [1.82, 2.24) is 0 Å². The molecule has 0 atom stereocenters. The largest absolute Gasteiger partial charge is 0.454 e. The number of para-hydroxylation sites is 3. The van der Waals surface area contributed by atoms with Crippen LogP contribution in [0, 0.1) is 0 Å². The zero-order chi connectivity index (χ0) is 36.6. The van der Waals surface area contributed by atoms with Crippen molar-refractivity contribution in [3.05, 3.63) is 218 Å². The SMILES string of the molecule is c1ccc(-c2ccc(N(c3ccc(-c4ccccc4)cc3)c3cccc4c3Oc3cc(N(c5ccccc5)c5ccccc5)cc5cccc-4c35)cc2)cc1. The van der Waals surface area contributed by atoms with E-state index in [1.807, 2.05) is 0 Å². The maximum atomic E-state index is 7.18. The average molecular weight is 705 g/mol. The van der Waals surface area contributed by atoms with Gasteiger partial charge >= 0.3 is 0 Å². The first-order valence-electron chi connectivity index (χ1n) is 18.7. The molecule has 55 heavy (non-hydrogen) atoms.